The summed E-state index contributed by atoms with van der Waals surface area (Å²) in [6.07, 6.45) is 4.30. The van der Waals surface area contributed by atoms with Crippen molar-refractivity contribution in [2.75, 3.05) is 38.2 Å². The summed E-state index contributed by atoms with van der Waals surface area (Å²) in [4.78, 5) is 25.8. The van der Waals surface area contributed by atoms with Crippen LogP contribution < -0.4 is 9.64 Å². The van der Waals surface area contributed by atoms with E-state index in [9.17, 15) is 4.79 Å². The first-order valence-electron chi connectivity index (χ1n) is 11.3. The smallest absolute Gasteiger partial charge is 0.222 e. The molecule has 7 heteroatoms. The number of carbonyl (C=O) groups is 1. The average Bonchev–Trinajstić information content (AvgIpc) is 3.29. The number of benzene rings is 2. The molecule has 1 aliphatic heterocycles. The quantitative estimate of drug-likeness (QED) is 0.466. The lowest BCUT2D eigenvalue weighted by Crippen LogP contribution is -2.48. The highest BCUT2D eigenvalue weighted by atomic mass is 16.5. The maximum Gasteiger partial charge on any atom is 0.222 e. The summed E-state index contributed by atoms with van der Waals surface area (Å²) in [6.45, 7) is 4.81. The van der Waals surface area contributed by atoms with E-state index in [4.69, 9.17) is 14.7 Å². The van der Waals surface area contributed by atoms with E-state index in [-0.39, 0.29) is 5.91 Å². The molecule has 168 valence electrons. The fourth-order valence-electron chi connectivity index (χ4n) is 4.47. The van der Waals surface area contributed by atoms with Crippen molar-refractivity contribution in [2.24, 2.45) is 0 Å². The summed E-state index contributed by atoms with van der Waals surface area (Å²) in [5.41, 5.74) is 4.01. The Morgan fingerprint density at radius 2 is 1.79 bits per heavy atom. The van der Waals surface area contributed by atoms with Gasteiger partial charge >= 0.3 is 0 Å². The lowest BCUT2D eigenvalue weighted by Gasteiger charge is -2.35. The Bertz CT molecular complexity index is 1280. The Balaban J connectivity index is 1.64. The van der Waals surface area contributed by atoms with E-state index < -0.39 is 0 Å². The number of hydrogen-bond acceptors (Lipinski definition) is 5. The van der Waals surface area contributed by atoms with Gasteiger partial charge in [-0.3, -0.25) is 4.79 Å². The fraction of sp³-hybridized carbons (Fsp3) is 0.269. The van der Waals surface area contributed by atoms with Crippen molar-refractivity contribution < 1.29 is 9.53 Å². The van der Waals surface area contributed by atoms with Crippen molar-refractivity contribution in [3.8, 4) is 22.6 Å². The Hall–Kier alpha value is -3.87. The van der Waals surface area contributed by atoms with E-state index >= 15 is 0 Å². The van der Waals surface area contributed by atoms with Crippen LogP contribution in [0.1, 0.15) is 13.3 Å². The third-order valence-corrected chi connectivity index (χ3v) is 6.21. The van der Waals surface area contributed by atoms with Crippen molar-refractivity contribution in [1.29, 1.82) is 0 Å². The van der Waals surface area contributed by atoms with Gasteiger partial charge in [-0.15, -0.1) is 0 Å². The van der Waals surface area contributed by atoms with Crippen LogP contribution >= 0.6 is 0 Å². The van der Waals surface area contributed by atoms with Crippen molar-refractivity contribution >= 4 is 22.8 Å². The van der Waals surface area contributed by atoms with Crippen molar-refractivity contribution in [3.05, 3.63) is 67.1 Å². The largest absolute Gasteiger partial charge is 0.497 e. The van der Waals surface area contributed by atoms with Crippen molar-refractivity contribution in [1.82, 2.24) is 19.4 Å². The summed E-state index contributed by atoms with van der Waals surface area (Å²) < 4.78 is 7.55. The predicted molar refractivity (Wildman–Crippen MR) is 130 cm³/mol. The molecular formula is C26H27N5O2. The molecule has 0 aliphatic carbocycles. The molecule has 1 fully saturated rings. The highest BCUT2D eigenvalue weighted by molar-refractivity contribution is 6.02. The lowest BCUT2D eigenvalue weighted by atomic mass is 10.1. The molecule has 1 saturated heterocycles. The molecule has 1 aliphatic rings. The molecule has 0 spiro atoms. The van der Waals surface area contributed by atoms with Gasteiger partial charge in [-0.2, -0.15) is 0 Å². The molecule has 0 unspecified atom stereocenters. The van der Waals surface area contributed by atoms with Gasteiger partial charge in [0.05, 0.1) is 18.2 Å². The number of methoxy groups -OCH3 is 1. The number of fused-ring (bicyclic) bond motifs is 1. The minimum absolute atomic E-state index is 0.205. The highest BCUT2D eigenvalue weighted by Crippen LogP contribution is 2.37. The Morgan fingerprint density at radius 1 is 1.00 bits per heavy atom. The molecule has 0 atom stereocenters. The maximum atomic E-state index is 12.1. The van der Waals surface area contributed by atoms with Gasteiger partial charge in [0.25, 0.3) is 0 Å². The molecule has 4 aromatic rings. The van der Waals surface area contributed by atoms with Gasteiger partial charge in [-0.05, 0) is 17.7 Å². The standard InChI is InChI=1S/C26H27N5O2/c1-3-23(32)29-12-14-30(15-13-29)25-24-22(19-8-5-4-6-9-19)17-31(26(24)28-18-27-25)20-10-7-11-21(16-20)33-2/h4-11,16-18H,3,12-15H2,1-2H3. The number of aromatic nitrogens is 3. The molecule has 1 amide bonds. The van der Waals surface area contributed by atoms with Gasteiger partial charge < -0.3 is 19.1 Å². The maximum absolute atomic E-state index is 12.1. The van der Waals surface area contributed by atoms with E-state index in [0.29, 0.717) is 19.5 Å². The number of hydrogen-bond donors (Lipinski definition) is 0. The summed E-state index contributed by atoms with van der Waals surface area (Å²) in [5, 5.41) is 1.02. The van der Waals surface area contributed by atoms with E-state index in [1.165, 1.54) is 0 Å². The second-order valence-corrected chi connectivity index (χ2v) is 8.10. The highest BCUT2D eigenvalue weighted by Gasteiger charge is 2.25. The third kappa shape index (κ3) is 3.91. The third-order valence-electron chi connectivity index (χ3n) is 6.21. The number of anilines is 1. The minimum atomic E-state index is 0.205. The van der Waals surface area contributed by atoms with Crippen molar-refractivity contribution in [2.45, 2.75) is 13.3 Å². The fourth-order valence-corrected chi connectivity index (χ4v) is 4.47. The molecule has 0 bridgehead atoms. The van der Waals surface area contributed by atoms with Gasteiger partial charge in [0.2, 0.25) is 5.91 Å². The summed E-state index contributed by atoms with van der Waals surface area (Å²) in [6, 6.07) is 18.3. The van der Waals surface area contributed by atoms with E-state index in [1.54, 1.807) is 13.4 Å². The van der Waals surface area contributed by atoms with Gasteiger partial charge in [0.15, 0.2) is 5.65 Å². The van der Waals surface area contributed by atoms with E-state index in [0.717, 1.165) is 52.5 Å². The molecular weight excluding hydrogens is 414 g/mol. The molecule has 7 nitrogen and oxygen atoms in total. The number of rotatable bonds is 5. The van der Waals surface area contributed by atoms with Crippen LogP contribution in [-0.2, 0) is 4.79 Å². The molecule has 2 aromatic heterocycles. The van der Waals surface area contributed by atoms with Crippen LogP contribution in [0.15, 0.2) is 67.1 Å². The molecule has 2 aromatic carbocycles. The first-order valence-corrected chi connectivity index (χ1v) is 11.3. The van der Waals surface area contributed by atoms with Gasteiger partial charge in [-0.1, -0.05) is 43.3 Å². The number of carbonyl (C=O) groups excluding carboxylic acids is 1. The molecule has 0 saturated carbocycles. The van der Waals surface area contributed by atoms with Crippen LogP contribution in [0.2, 0.25) is 0 Å². The van der Waals surface area contributed by atoms with Crippen LogP contribution in [0.5, 0.6) is 5.75 Å². The zero-order valence-corrected chi connectivity index (χ0v) is 18.9. The first kappa shape index (κ1) is 21.0. The SMILES string of the molecule is CCC(=O)N1CCN(c2ncnc3c2c(-c2ccccc2)cn3-c2cccc(OC)c2)CC1. The summed E-state index contributed by atoms with van der Waals surface area (Å²) >= 11 is 0. The van der Waals surface area contributed by atoms with Gasteiger partial charge in [-0.25, -0.2) is 9.97 Å². The summed E-state index contributed by atoms with van der Waals surface area (Å²) in [7, 11) is 1.67. The molecule has 3 heterocycles. The Labute approximate surface area is 193 Å². The Kier molecular flexibility index (Phi) is 5.69. The number of amides is 1. The van der Waals surface area contributed by atoms with Gasteiger partial charge in [0.1, 0.15) is 17.9 Å². The minimum Gasteiger partial charge on any atom is -0.497 e. The molecule has 5 rings (SSSR count). The van der Waals surface area contributed by atoms with Crippen LogP contribution in [0, 0.1) is 0 Å². The van der Waals surface area contributed by atoms with Crippen LogP contribution in [0.25, 0.3) is 27.8 Å². The Morgan fingerprint density at radius 3 is 2.52 bits per heavy atom. The second kappa shape index (κ2) is 8.94. The van der Waals surface area contributed by atoms with E-state index in [2.05, 4.69) is 27.8 Å². The average molecular weight is 442 g/mol. The number of nitrogens with zero attached hydrogens (tertiary/aromatic N) is 5. The molecule has 33 heavy (non-hydrogen) atoms. The van der Waals surface area contributed by atoms with Crippen LogP contribution in [0.3, 0.4) is 0 Å². The topological polar surface area (TPSA) is 63.5 Å². The zero-order chi connectivity index (χ0) is 22.8. The van der Waals surface area contributed by atoms with E-state index in [1.807, 2.05) is 54.3 Å². The molecule has 0 radical (unpaired) electrons. The molecule has 0 N–H and O–H groups in total. The van der Waals surface area contributed by atoms with Gasteiger partial charge in [0, 0.05) is 50.4 Å². The number of piperazine rings is 1. The summed E-state index contributed by atoms with van der Waals surface area (Å²) in [5.74, 6) is 1.90. The second-order valence-electron chi connectivity index (χ2n) is 8.10. The lowest BCUT2D eigenvalue weighted by molar-refractivity contribution is -0.131. The predicted octanol–water partition coefficient (Wildman–Crippen LogP) is 4.15. The van der Waals surface area contributed by atoms with Crippen LogP contribution in [0.4, 0.5) is 5.82 Å². The number of ether oxygens (including phenoxy) is 1. The van der Waals surface area contributed by atoms with Crippen molar-refractivity contribution in [3.63, 3.8) is 0 Å². The van der Waals surface area contributed by atoms with Crippen LogP contribution in [-0.4, -0.2) is 58.6 Å². The zero-order valence-electron chi connectivity index (χ0n) is 18.9. The first-order chi connectivity index (χ1) is 16.2. The monoisotopic (exact) mass is 441 g/mol. The normalized spacial score (nSPS) is 14.0.